The molecule has 0 bridgehead atoms. The average molecular weight is 459 g/mol. The van der Waals surface area contributed by atoms with E-state index in [1.165, 1.54) is 17.6 Å². The zero-order chi connectivity index (χ0) is 23.2. The monoisotopic (exact) mass is 458 g/mol. The van der Waals surface area contributed by atoms with Crippen LogP contribution in [0.2, 0.25) is 0 Å². The van der Waals surface area contributed by atoms with Gasteiger partial charge in [-0.25, -0.2) is 0 Å². The molecule has 4 rings (SSSR count). The van der Waals surface area contributed by atoms with Gasteiger partial charge < -0.3 is 14.2 Å². The highest BCUT2D eigenvalue weighted by molar-refractivity contribution is 7.21. The average Bonchev–Trinajstić information content (AvgIpc) is 3.22. The second kappa shape index (κ2) is 10.1. The molecule has 5 nitrogen and oxygen atoms in total. The molecule has 1 heterocycles. The highest BCUT2D eigenvalue weighted by atomic mass is 32.1. The number of fused-ring (bicyclic) bond motifs is 1. The maximum absolute atomic E-state index is 13.6. The lowest BCUT2D eigenvalue weighted by Gasteiger charge is -2.10. The minimum absolute atomic E-state index is 0.0619. The Hall–Kier alpha value is -3.90. The van der Waals surface area contributed by atoms with Crippen molar-refractivity contribution in [2.75, 3.05) is 7.11 Å². The predicted octanol–water partition coefficient (Wildman–Crippen LogP) is 6.64. The summed E-state index contributed by atoms with van der Waals surface area (Å²) in [6.45, 7) is 2.40. The van der Waals surface area contributed by atoms with Crippen molar-refractivity contribution in [3.05, 3.63) is 94.6 Å². The number of carbonyl (C=O) groups is 2. The van der Waals surface area contributed by atoms with Gasteiger partial charge in [-0.2, -0.15) is 0 Å². The topological polar surface area (TPSA) is 61.8 Å². The maximum atomic E-state index is 13.6. The third-order valence-corrected chi connectivity index (χ3v) is 6.33. The highest BCUT2D eigenvalue weighted by Gasteiger charge is 2.23. The first-order valence-corrected chi connectivity index (χ1v) is 11.2. The van der Waals surface area contributed by atoms with E-state index in [-0.39, 0.29) is 5.78 Å². The number of aryl methyl sites for hydroxylation is 1. The standard InChI is InChI=1S/C27H22O5S/c1-3-19-6-4-5-7-22(19)25(29)27-26(23-13-12-21(30-2)16-24(23)33-27)32-20-10-8-18(9-11-20)14-15-31-17-28/h4-17H,3H2,1-2H3/b15-14+. The second-order valence-corrected chi connectivity index (χ2v) is 8.22. The van der Waals surface area contributed by atoms with Gasteiger partial charge in [0, 0.05) is 15.6 Å². The van der Waals surface area contributed by atoms with Crippen LogP contribution in [0.5, 0.6) is 17.2 Å². The van der Waals surface area contributed by atoms with Crippen molar-refractivity contribution >= 4 is 39.8 Å². The number of thiophene rings is 1. The van der Waals surface area contributed by atoms with Crippen molar-refractivity contribution in [1.82, 2.24) is 0 Å². The number of benzene rings is 3. The molecule has 0 atom stereocenters. The van der Waals surface area contributed by atoms with E-state index in [1.54, 1.807) is 13.2 Å². The van der Waals surface area contributed by atoms with E-state index in [9.17, 15) is 9.59 Å². The fraction of sp³-hybridized carbons (Fsp3) is 0.111. The molecule has 4 aromatic rings. The van der Waals surface area contributed by atoms with Gasteiger partial charge in [-0.15, -0.1) is 11.3 Å². The minimum atomic E-state index is -0.0619. The first-order chi connectivity index (χ1) is 16.1. The molecule has 0 N–H and O–H groups in total. The molecule has 0 aliphatic rings. The van der Waals surface area contributed by atoms with Gasteiger partial charge in [0.05, 0.1) is 13.4 Å². The van der Waals surface area contributed by atoms with Crippen LogP contribution in [0.1, 0.15) is 33.3 Å². The summed E-state index contributed by atoms with van der Waals surface area (Å²) in [5.74, 6) is 1.78. The fourth-order valence-electron chi connectivity index (χ4n) is 3.52. The van der Waals surface area contributed by atoms with E-state index in [1.807, 2.05) is 73.7 Å². The Morgan fingerprint density at radius 3 is 2.48 bits per heavy atom. The summed E-state index contributed by atoms with van der Waals surface area (Å²) in [5, 5.41) is 0.849. The van der Waals surface area contributed by atoms with Gasteiger partial charge in [0.15, 0.2) is 5.75 Å². The van der Waals surface area contributed by atoms with Crippen molar-refractivity contribution in [3.8, 4) is 17.2 Å². The Bertz CT molecular complexity index is 1320. The van der Waals surface area contributed by atoms with Crippen LogP contribution < -0.4 is 9.47 Å². The third kappa shape index (κ3) is 4.81. The largest absolute Gasteiger partial charge is 0.497 e. The van der Waals surface area contributed by atoms with Gasteiger partial charge >= 0.3 is 0 Å². The zero-order valence-corrected chi connectivity index (χ0v) is 19.1. The van der Waals surface area contributed by atoms with E-state index in [2.05, 4.69) is 4.74 Å². The molecule has 0 saturated heterocycles. The molecular formula is C27H22O5S. The van der Waals surface area contributed by atoms with Gasteiger partial charge in [0.25, 0.3) is 6.47 Å². The molecule has 0 fully saturated rings. The van der Waals surface area contributed by atoms with Crippen molar-refractivity contribution in [3.63, 3.8) is 0 Å². The molecule has 6 heteroatoms. The van der Waals surface area contributed by atoms with Crippen LogP contribution in [-0.2, 0) is 16.0 Å². The first-order valence-electron chi connectivity index (χ1n) is 10.4. The minimum Gasteiger partial charge on any atom is -0.497 e. The third-order valence-electron chi connectivity index (χ3n) is 5.20. The summed E-state index contributed by atoms with van der Waals surface area (Å²) < 4.78 is 17.1. The summed E-state index contributed by atoms with van der Waals surface area (Å²) in [6, 6.07) is 20.6. The van der Waals surface area contributed by atoms with Gasteiger partial charge in [0.1, 0.15) is 16.4 Å². The molecule has 0 unspecified atom stereocenters. The summed E-state index contributed by atoms with van der Waals surface area (Å²) >= 11 is 1.40. The smallest absolute Gasteiger partial charge is 0.297 e. The van der Waals surface area contributed by atoms with E-state index in [4.69, 9.17) is 9.47 Å². The predicted molar refractivity (Wildman–Crippen MR) is 130 cm³/mol. The normalized spacial score (nSPS) is 11.0. The molecule has 0 radical (unpaired) electrons. The molecule has 0 amide bonds. The quantitative estimate of drug-likeness (QED) is 0.160. The molecule has 0 spiro atoms. The van der Waals surface area contributed by atoms with Crippen molar-refractivity contribution in [2.45, 2.75) is 13.3 Å². The number of hydrogen-bond acceptors (Lipinski definition) is 6. The summed E-state index contributed by atoms with van der Waals surface area (Å²) in [4.78, 5) is 24.4. The number of rotatable bonds is 9. The van der Waals surface area contributed by atoms with Crippen molar-refractivity contribution < 1.29 is 23.8 Å². The molecule has 0 saturated carbocycles. The van der Waals surface area contributed by atoms with E-state index < -0.39 is 0 Å². The number of methoxy groups -OCH3 is 1. The number of carbonyl (C=O) groups excluding carboxylic acids is 2. The van der Waals surface area contributed by atoms with Crippen LogP contribution >= 0.6 is 11.3 Å². The Labute approximate surface area is 195 Å². The lowest BCUT2D eigenvalue weighted by atomic mass is 10.0. The summed E-state index contributed by atoms with van der Waals surface area (Å²) in [7, 11) is 1.62. The van der Waals surface area contributed by atoms with Gasteiger partial charge in [-0.3, -0.25) is 9.59 Å². The van der Waals surface area contributed by atoms with E-state index in [0.29, 0.717) is 28.4 Å². The van der Waals surface area contributed by atoms with Crippen LogP contribution in [0, 0.1) is 0 Å². The lowest BCUT2D eigenvalue weighted by Crippen LogP contribution is -2.04. The molecule has 166 valence electrons. The highest BCUT2D eigenvalue weighted by Crippen LogP contribution is 2.43. The first kappa shape index (κ1) is 22.3. The lowest BCUT2D eigenvalue weighted by molar-refractivity contribution is -0.123. The Morgan fingerprint density at radius 2 is 1.76 bits per heavy atom. The van der Waals surface area contributed by atoms with Crippen LogP contribution in [0.4, 0.5) is 0 Å². The molecular weight excluding hydrogens is 436 g/mol. The van der Waals surface area contributed by atoms with Crippen LogP contribution in [0.15, 0.2) is 73.0 Å². The maximum Gasteiger partial charge on any atom is 0.297 e. The number of ether oxygens (including phenoxy) is 3. The Morgan fingerprint density at radius 1 is 1.00 bits per heavy atom. The number of hydrogen-bond donors (Lipinski definition) is 0. The Kier molecular flexibility index (Phi) is 6.86. The van der Waals surface area contributed by atoms with Crippen molar-refractivity contribution in [1.29, 1.82) is 0 Å². The summed E-state index contributed by atoms with van der Waals surface area (Å²) in [5.41, 5.74) is 2.52. The van der Waals surface area contributed by atoms with E-state index in [0.717, 1.165) is 33.4 Å². The van der Waals surface area contributed by atoms with Gasteiger partial charge in [-0.1, -0.05) is 43.3 Å². The number of ketones is 1. The molecule has 1 aromatic heterocycles. The van der Waals surface area contributed by atoms with Gasteiger partial charge in [-0.05, 0) is 54.0 Å². The molecule has 33 heavy (non-hydrogen) atoms. The molecule has 0 aliphatic carbocycles. The SMILES string of the molecule is CCc1ccccc1C(=O)c1sc2cc(OC)ccc2c1Oc1ccc(/C=C/OC=O)cc1. The fourth-order valence-corrected chi connectivity index (χ4v) is 4.63. The molecule has 3 aromatic carbocycles. The van der Waals surface area contributed by atoms with E-state index >= 15 is 0 Å². The van der Waals surface area contributed by atoms with Crippen LogP contribution in [0.3, 0.4) is 0 Å². The Balaban J connectivity index is 1.76. The van der Waals surface area contributed by atoms with Gasteiger partial charge in [0.2, 0.25) is 5.78 Å². The van der Waals surface area contributed by atoms with Crippen LogP contribution in [-0.4, -0.2) is 19.4 Å². The second-order valence-electron chi connectivity index (χ2n) is 7.17. The summed E-state index contributed by atoms with van der Waals surface area (Å²) in [6.07, 6.45) is 3.74. The molecule has 0 aliphatic heterocycles. The zero-order valence-electron chi connectivity index (χ0n) is 18.2. The van der Waals surface area contributed by atoms with Crippen molar-refractivity contribution in [2.24, 2.45) is 0 Å². The van der Waals surface area contributed by atoms with Crippen LogP contribution in [0.25, 0.3) is 16.2 Å².